The second kappa shape index (κ2) is 10.6. The summed E-state index contributed by atoms with van der Waals surface area (Å²) in [7, 11) is 3.69. The molecule has 0 spiro atoms. The van der Waals surface area contributed by atoms with E-state index in [-0.39, 0.29) is 5.91 Å². The third-order valence-electron chi connectivity index (χ3n) is 2.34. The summed E-state index contributed by atoms with van der Waals surface area (Å²) < 4.78 is 0. The van der Waals surface area contributed by atoms with Crippen molar-refractivity contribution < 1.29 is 4.79 Å². The average molecular weight is 283 g/mol. The molecule has 0 bridgehead atoms. The number of hydrogen-bond donors (Lipinski definition) is 0. The Bertz CT molecular complexity index is 366. The monoisotopic (exact) mass is 282 g/mol. The van der Waals surface area contributed by atoms with Crippen LogP contribution in [0.3, 0.4) is 0 Å². The van der Waals surface area contributed by atoms with Gasteiger partial charge in [-0.1, -0.05) is 43.8 Å². The second-order valence-corrected chi connectivity index (χ2v) is 4.40. The normalized spacial score (nSPS) is 9.53. The largest absolute Gasteiger partial charge is 0.272 e. The van der Waals surface area contributed by atoms with Crippen LogP contribution >= 0.6 is 11.6 Å². The van der Waals surface area contributed by atoms with E-state index in [1.54, 1.807) is 10.0 Å². The van der Waals surface area contributed by atoms with Gasteiger partial charge in [-0.05, 0) is 18.1 Å². The maximum atomic E-state index is 11.1. The van der Waals surface area contributed by atoms with Crippen LogP contribution in [0.25, 0.3) is 0 Å². The number of hydrazine groups is 1. The Morgan fingerprint density at radius 1 is 1.32 bits per heavy atom. The molecule has 0 aliphatic rings. The zero-order chi connectivity index (χ0) is 14.7. The van der Waals surface area contributed by atoms with Gasteiger partial charge in [-0.2, -0.15) is 0 Å². The highest BCUT2D eigenvalue weighted by molar-refractivity contribution is 6.17. The highest BCUT2D eigenvalue weighted by atomic mass is 35.5. The molecule has 3 nitrogen and oxygen atoms in total. The van der Waals surface area contributed by atoms with Crippen LogP contribution in [0.15, 0.2) is 43.0 Å². The van der Waals surface area contributed by atoms with E-state index in [9.17, 15) is 4.79 Å². The van der Waals surface area contributed by atoms with Crippen LogP contribution in [0, 0.1) is 0 Å². The van der Waals surface area contributed by atoms with Crippen LogP contribution in [-0.2, 0) is 10.7 Å². The Kier molecular flexibility index (Phi) is 9.85. The van der Waals surface area contributed by atoms with E-state index in [1.807, 2.05) is 51.4 Å². The highest BCUT2D eigenvalue weighted by Crippen LogP contribution is 2.00. The molecule has 0 radical (unpaired) electrons. The van der Waals surface area contributed by atoms with Gasteiger partial charge in [0.15, 0.2) is 0 Å². The minimum atomic E-state index is -0.0446. The minimum absolute atomic E-state index is 0.0446. The van der Waals surface area contributed by atoms with Crippen molar-refractivity contribution in [3.63, 3.8) is 0 Å². The number of alkyl halides is 1. The summed E-state index contributed by atoms with van der Waals surface area (Å²) in [6, 6.07) is 9.96. The zero-order valence-electron chi connectivity index (χ0n) is 12.0. The van der Waals surface area contributed by atoms with Crippen molar-refractivity contribution in [2.45, 2.75) is 19.2 Å². The van der Waals surface area contributed by atoms with Crippen LogP contribution in [0.2, 0.25) is 0 Å². The molecule has 1 amide bonds. The Balaban J connectivity index is 0.000000356. The molecule has 0 saturated heterocycles. The Morgan fingerprint density at radius 3 is 2.21 bits per heavy atom. The van der Waals surface area contributed by atoms with Crippen molar-refractivity contribution in [3.8, 4) is 0 Å². The number of rotatable bonds is 5. The summed E-state index contributed by atoms with van der Waals surface area (Å²) >= 11 is 5.53. The summed E-state index contributed by atoms with van der Waals surface area (Å²) in [6.45, 7) is 6.21. The van der Waals surface area contributed by atoms with Crippen molar-refractivity contribution in [1.29, 1.82) is 0 Å². The molecular weight excluding hydrogens is 260 g/mol. The molecule has 0 heterocycles. The molecule has 0 aromatic heterocycles. The standard InChI is InChI=1S/C8H16N2O.C7H7Cl/c1-5-7-10(9(3)4)8(11)6-2;8-6-7-4-2-1-3-5-7/h6H,2,5,7H2,1,3-4H3;1-5H,6H2. The van der Waals surface area contributed by atoms with Gasteiger partial charge in [-0.25, -0.2) is 5.01 Å². The first-order valence-corrected chi connectivity index (χ1v) is 6.81. The lowest BCUT2D eigenvalue weighted by Gasteiger charge is -2.27. The number of nitrogens with zero attached hydrogens (tertiary/aromatic N) is 2. The van der Waals surface area contributed by atoms with Crippen molar-refractivity contribution in [1.82, 2.24) is 10.0 Å². The molecule has 0 unspecified atom stereocenters. The molecular formula is C15H23ClN2O. The molecule has 0 atom stereocenters. The quantitative estimate of drug-likeness (QED) is 0.470. The number of hydrogen-bond acceptors (Lipinski definition) is 2. The lowest BCUT2D eigenvalue weighted by atomic mass is 10.2. The molecule has 0 aliphatic carbocycles. The Morgan fingerprint density at radius 2 is 1.89 bits per heavy atom. The van der Waals surface area contributed by atoms with E-state index in [4.69, 9.17) is 11.6 Å². The van der Waals surface area contributed by atoms with Gasteiger partial charge >= 0.3 is 0 Å². The van der Waals surface area contributed by atoms with Crippen LogP contribution in [0.1, 0.15) is 18.9 Å². The molecule has 1 aromatic rings. The van der Waals surface area contributed by atoms with Crippen molar-refractivity contribution >= 4 is 17.5 Å². The smallest absolute Gasteiger partial charge is 0.260 e. The maximum Gasteiger partial charge on any atom is 0.260 e. The summed E-state index contributed by atoms with van der Waals surface area (Å²) in [4.78, 5) is 11.1. The molecule has 0 fully saturated rings. The lowest BCUT2D eigenvalue weighted by molar-refractivity contribution is -0.138. The second-order valence-electron chi connectivity index (χ2n) is 4.13. The van der Waals surface area contributed by atoms with Gasteiger partial charge in [0.25, 0.3) is 5.91 Å². The van der Waals surface area contributed by atoms with Crippen LogP contribution in [-0.4, -0.2) is 36.6 Å². The van der Waals surface area contributed by atoms with Gasteiger partial charge in [-0.15, -0.1) is 11.6 Å². The number of carbonyl (C=O) groups is 1. The SMILES string of the molecule is C=CC(=O)N(CCC)N(C)C.ClCc1ccccc1. The van der Waals surface area contributed by atoms with Crippen LogP contribution in [0.4, 0.5) is 0 Å². The van der Waals surface area contributed by atoms with Gasteiger partial charge < -0.3 is 0 Å². The van der Waals surface area contributed by atoms with E-state index in [2.05, 4.69) is 6.58 Å². The third kappa shape index (κ3) is 7.65. The first-order valence-electron chi connectivity index (χ1n) is 6.27. The summed E-state index contributed by atoms with van der Waals surface area (Å²) in [5.41, 5.74) is 1.18. The molecule has 0 saturated carbocycles. The average Bonchev–Trinajstić information content (AvgIpc) is 2.45. The fourth-order valence-corrected chi connectivity index (χ4v) is 1.57. The molecule has 0 N–H and O–H groups in total. The topological polar surface area (TPSA) is 23.6 Å². The van der Waals surface area contributed by atoms with Gasteiger partial charge in [0.2, 0.25) is 0 Å². The fourth-order valence-electron chi connectivity index (χ4n) is 1.39. The summed E-state index contributed by atoms with van der Waals surface area (Å²) in [6.07, 6.45) is 2.29. The first kappa shape index (κ1) is 17.7. The maximum absolute atomic E-state index is 11.1. The number of benzene rings is 1. The molecule has 106 valence electrons. The molecule has 4 heteroatoms. The van der Waals surface area contributed by atoms with E-state index in [1.165, 1.54) is 11.6 Å². The van der Waals surface area contributed by atoms with E-state index in [0.717, 1.165) is 13.0 Å². The Labute approximate surface area is 121 Å². The van der Waals surface area contributed by atoms with Crippen molar-refractivity contribution in [3.05, 3.63) is 48.6 Å². The lowest BCUT2D eigenvalue weighted by Crippen LogP contribution is -2.41. The summed E-state index contributed by atoms with van der Waals surface area (Å²) in [5, 5.41) is 3.42. The van der Waals surface area contributed by atoms with Gasteiger partial charge in [0, 0.05) is 26.5 Å². The van der Waals surface area contributed by atoms with Gasteiger partial charge in [0.1, 0.15) is 0 Å². The minimum Gasteiger partial charge on any atom is -0.272 e. The number of amides is 1. The molecule has 1 rings (SSSR count). The predicted molar refractivity (Wildman–Crippen MR) is 81.9 cm³/mol. The first-order chi connectivity index (χ1) is 9.06. The number of carbonyl (C=O) groups excluding carboxylic acids is 1. The molecule has 19 heavy (non-hydrogen) atoms. The highest BCUT2D eigenvalue weighted by Gasteiger charge is 2.09. The van der Waals surface area contributed by atoms with E-state index < -0.39 is 0 Å². The summed E-state index contributed by atoms with van der Waals surface area (Å²) in [5.74, 6) is 0.567. The predicted octanol–water partition coefficient (Wildman–Crippen LogP) is 3.31. The van der Waals surface area contributed by atoms with Crippen molar-refractivity contribution in [2.75, 3.05) is 20.6 Å². The zero-order valence-corrected chi connectivity index (χ0v) is 12.7. The third-order valence-corrected chi connectivity index (χ3v) is 2.65. The van der Waals surface area contributed by atoms with Crippen LogP contribution in [0.5, 0.6) is 0 Å². The molecule has 1 aromatic carbocycles. The Hall–Kier alpha value is -1.32. The molecule has 0 aliphatic heterocycles. The van der Waals surface area contributed by atoms with E-state index >= 15 is 0 Å². The van der Waals surface area contributed by atoms with Gasteiger partial charge in [-0.3, -0.25) is 9.80 Å². The number of halogens is 1. The fraction of sp³-hybridized carbons (Fsp3) is 0.400. The van der Waals surface area contributed by atoms with Gasteiger partial charge in [0.05, 0.1) is 0 Å². The van der Waals surface area contributed by atoms with E-state index in [0.29, 0.717) is 5.88 Å². The van der Waals surface area contributed by atoms with Crippen LogP contribution < -0.4 is 0 Å². The van der Waals surface area contributed by atoms with Crippen molar-refractivity contribution in [2.24, 2.45) is 0 Å².